The number of nitrogens with one attached hydrogen (secondary N) is 2. The third-order valence-electron chi connectivity index (χ3n) is 3.20. The highest BCUT2D eigenvalue weighted by molar-refractivity contribution is 6.30. The van der Waals surface area contributed by atoms with Gasteiger partial charge in [0.05, 0.1) is 6.61 Å². The minimum Gasteiger partial charge on any atom is -0.494 e. The van der Waals surface area contributed by atoms with Gasteiger partial charge >= 0.3 is 0 Å². The van der Waals surface area contributed by atoms with Crippen LogP contribution >= 0.6 is 11.6 Å². The number of halogens is 1. The normalized spacial score (nSPS) is 19.8. The second-order valence-electron chi connectivity index (χ2n) is 4.61. The Labute approximate surface area is 114 Å². The van der Waals surface area contributed by atoms with Crippen molar-refractivity contribution in [2.75, 3.05) is 19.7 Å². The molecule has 1 aliphatic rings. The van der Waals surface area contributed by atoms with E-state index in [2.05, 4.69) is 10.6 Å². The lowest BCUT2D eigenvalue weighted by molar-refractivity contribution is 0.332. The molecule has 2 N–H and O–H groups in total. The van der Waals surface area contributed by atoms with Crippen LogP contribution in [0.3, 0.4) is 0 Å². The molecule has 18 heavy (non-hydrogen) atoms. The largest absolute Gasteiger partial charge is 0.494 e. The number of hydrogen-bond donors (Lipinski definition) is 2. The lowest BCUT2D eigenvalue weighted by atomic mass is 10.1. The predicted octanol–water partition coefficient (Wildman–Crippen LogP) is 2.58. The molecule has 1 aromatic rings. The Balaban J connectivity index is 1.95. The van der Waals surface area contributed by atoms with Gasteiger partial charge in [-0.05, 0) is 44.5 Å². The van der Waals surface area contributed by atoms with E-state index in [1.807, 2.05) is 25.1 Å². The molecule has 2 rings (SSSR count). The van der Waals surface area contributed by atoms with Crippen LogP contribution in [-0.4, -0.2) is 25.7 Å². The lowest BCUT2D eigenvalue weighted by Crippen LogP contribution is -2.42. The highest BCUT2D eigenvalue weighted by Crippen LogP contribution is 2.23. The highest BCUT2D eigenvalue weighted by Gasteiger charge is 2.13. The molecule has 1 fully saturated rings. The van der Waals surface area contributed by atoms with E-state index >= 15 is 0 Å². The van der Waals surface area contributed by atoms with E-state index in [0.717, 1.165) is 36.0 Å². The minimum absolute atomic E-state index is 0.548. The van der Waals surface area contributed by atoms with Crippen LogP contribution in [0, 0.1) is 0 Å². The molecule has 3 nitrogen and oxygen atoms in total. The predicted molar refractivity (Wildman–Crippen MR) is 75.4 cm³/mol. The third kappa shape index (κ3) is 3.87. The topological polar surface area (TPSA) is 33.3 Å². The van der Waals surface area contributed by atoms with Gasteiger partial charge in [0.1, 0.15) is 5.75 Å². The third-order valence-corrected chi connectivity index (χ3v) is 3.44. The highest BCUT2D eigenvalue weighted by atomic mass is 35.5. The summed E-state index contributed by atoms with van der Waals surface area (Å²) in [5.74, 6) is 0.929. The van der Waals surface area contributed by atoms with Crippen molar-refractivity contribution in [1.29, 1.82) is 0 Å². The van der Waals surface area contributed by atoms with Gasteiger partial charge in [0.15, 0.2) is 0 Å². The van der Waals surface area contributed by atoms with E-state index in [1.165, 1.54) is 12.8 Å². The van der Waals surface area contributed by atoms with E-state index in [1.54, 1.807) is 0 Å². The zero-order chi connectivity index (χ0) is 12.8. The first-order chi connectivity index (χ1) is 8.79. The van der Waals surface area contributed by atoms with E-state index in [-0.39, 0.29) is 0 Å². The van der Waals surface area contributed by atoms with Crippen LogP contribution in [0.2, 0.25) is 5.02 Å². The van der Waals surface area contributed by atoms with E-state index in [0.29, 0.717) is 12.6 Å². The first kappa shape index (κ1) is 13.7. The van der Waals surface area contributed by atoms with Gasteiger partial charge in [-0.15, -0.1) is 0 Å². The number of ether oxygens (including phenoxy) is 1. The van der Waals surface area contributed by atoms with Crippen molar-refractivity contribution in [3.05, 3.63) is 28.8 Å². The standard InChI is InChI=1S/C14H21ClN2O/c1-2-18-14-6-5-12(15)8-11(14)9-17-13-4-3-7-16-10-13/h5-6,8,13,16-17H,2-4,7,9-10H2,1H3/t13-/m0/s1. The Morgan fingerprint density at radius 2 is 2.39 bits per heavy atom. The molecule has 0 bridgehead atoms. The van der Waals surface area contributed by atoms with Gasteiger partial charge in [-0.2, -0.15) is 0 Å². The molecule has 0 unspecified atom stereocenters. The molecule has 0 aliphatic carbocycles. The molecule has 1 heterocycles. The summed E-state index contributed by atoms with van der Waals surface area (Å²) in [6.07, 6.45) is 2.48. The summed E-state index contributed by atoms with van der Waals surface area (Å²) in [6.45, 7) is 5.67. The van der Waals surface area contributed by atoms with Crippen molar-refractivity contribution in [1.82, 2.24) is 10.6 Å². The van der Waals surface area contributed by atoms with Crippen molar-refractivity contribution in [2.24, 2.45) is 0 Å². The lowest BCUT2D eigenvalue weighted by Gasteiger charge is -2.24. The van der Waals surface area contributed by atoms with Crippen LogP contribution in [0.4, 0.5) is 0 Å². The molecular weight excluding hydrogens is 248 g/mol. The SMILES string of the molecule is CCOc1ccc(Cl)cc1CN[C@H]1CCCNC1. The van der Waals surface area contributed by atoms with Crippen LogP contribution in [-0.2, 0) is 6.54 Å². The summed E-state index contributed by atoms with van der Waals surface area (Å²) >= 11 is 6.04. The first-order valence-corrected chi connectivity index (χ1v) is 7.02. The Kier molecular flexibility index (Phi) is 5.29. The maximum atomic E-state index is 6.04. The molecular formula is C14H21ClN2O. The summed E-state index contributed by atoms with van der Waals surface area (Å²) < 4.78 is 5.62. The van der Waals surface area contributed by atoms with Gasteiger partial charge in [-0.1, -0.05) is 11.6 Å². The van der Waals surface area contributed by atoms with Gasteiger partial charge in [0, 0.05) is 29.7 Å². The number of piperidine rings is 1. The minimum atomic E-state index is 0.548. The van der Waals surface area contributed by atoms with E-state index < -0.39 is 0 Å². The molecule has 0 saturated carbocycles. The van der Waals surface area contributed by atoms with Gasteiger partial charge in [0.25, 0.3) is 0 Å². The molecule has 0 aromatic heterocycles. The number of benzene rings is 1. The molecule has 1 aliphatic heterocycles. The summed E-state index contributed by atoms with van der Waals surface area (Å²) in [4.78, 5) is 0. The van der Waals surface area contributed by atoms with Crippen molar-refractivity contribution >= 4 is 11.6 Å². The Bertz CT molecular complexity index is 378. The zero-order valence-corrected chi connectivity index (χ0v) is 11.6. The Morgan fingerprint density at radius 3 is 3.11 bits per heavy atom. The average Bonchev–Trinajstić information content (AvgIpc) is 2.40. The van der Waals surface area contributed by atoms with Gasteiger partial charge in [-0.3, -0.25) is 0 Å². The molecule has 1 aromatic carbocycles. The average molecular weight is 269 g/mol. The fraction of sp³-hybridized carbons (Fsp3) is 0.571. The Morgan fingerprint density at radius 1 is 1.50 bits per heavy atom. The summed E-state index contributed by atoms with van der Waals surface area (Å²) in [5.41, 5.74) is 1.13. The summed E-state index contributed by atoms with van der Waals surface area (Å²) in [7, 11) is 0. The molecule has 1 saturated heterocycles. The molecule has 1 atom stereocenters. The molecule has 0 spiro atoms. The number of hydrogen-bond acceptors (Lipinski definition) is 3. The van der Waals surface area contributed by atoms with Gasteiger partial charge in [-0.25, -0.2) is 0 Å². The van der Waals surface area contributed by atoms with Crippen molar-refractivity contribution in [2.45, 2.75) is 32.4 Å². The zero-order valence-electron chi connectivity index (χ0n) is 10.8. The van der Waals surface area contributed by atoms with Crippen molar-refractivity contribution in [3.8, 4) is 5.75 Å². The molecule has 4 heteroatoms. The van der Waals surface area contributed by atoms with Crippen molar-refractivity contribution < 1.29 is 4.74 Å². The fourth-order valence-corrected chi connectivity index (χ4v) is 2.46. The smallest absolute Gasteiger partial charge is 0.123 e. The second kappa shape index (κ2) is 6.98. The fourth-order valence-electron chi connectivity index (χ4n) is 2.26. The summed E-state index contributed by atoms with van der Waals surface area (Å²) in [6, 6.07) is 6.35. The molecule has 0 radical (unpaired) electrons. The Hall–Kier alpha value is -0.770. The quantitative estimate of drug-likeness (QED) is 0.861. The van der Waals surface area contributed by atoms with E-state index in [9.17, 15) is 0 Å². The van der Waals surface area contributed by atoms with Crippen LogP contribution in [0.25, 0.3) is 0 Å². The van der Waals surface area contributed by atoms with Crippen LogP contribution in [0.5, 0.6) is 5.75 Å². The number of rotatable bonds is 5. The second-order valence-corrected chi connectivity index (χ2v) is 5.05. The molecule has 100 valence electrons. The molecule has 0 amide bonds. The van der Waals surface area contributed by atoms with Gasteiger partial charge < -0.3 is 15.4 Å². The maximum absolute atomic E-state index is 6.04. The summed E-state index contributed by atoms with van der Waals surface area (Å²) in [5, 5.41) is 7.73. The van der Waals surface area contributed by atoms with E-state index in [4.69, 9.17) is 16.3 Å². The maximum Gasteiger partial charge on any atom is 0.123 e. The van der Waals surface area contributed by atoms with Crippen LogP contribution in [0.15, 0.2) is 18.2 Å². The van der Waals surface area contributed by atoms with Crippen LogP contribution < -0.4 is 15.4 Å². The van der Waals surface area contributed by atoms with Crippen molar-refractivity contribution in [3.63, 3.8) is 0 Å². The first-order valence-electron chi connectivity index (χ1n) is 6.65. The monoisotopic (exact) mass is 268 g/mol. The van der Waals surface area contributed by atoms with Gasteiger partial charge in [0.2, 0.25) is 0 Å². The van der Waals surface area contributed by atoms with Crippen LogP contribution in [0.1, 0.15) is 25.3 Å².